The standard InChI is InChI=1S/C13H12ClN3O/c1-8-6-9(15)2-3-11(8)13(18)17-10-4-5-16-12(14)7-10/h2-7H,15H2,1H3,(H,16,17,18). The number of rotatable bonds is 2. The molecule has 0 aliphatic carbocycles. The first-order valence-corrected chi connectivity index (χ1v) is 5.73. The number of nitrogen functional groups attached to an aromatic ring is 1. The van der Waals surface area contributed by atoms with Crippen molar-refractivity contribution < 1.29 is 4.79 Å². The molecule has 1 heterocycles. The summed E-state index contributed by atoms with van der Waals surface area (Å²) >= 11 is 5.75. The van der Waals surface area contributed by atoms with Crippen LogP contribution in [0.5, 0.6) is 0 Å². The number of nitrogens with one attached hydrogen (secondary N) is 1. The third-order valence-corrected chi connectivity index (χ3v) is 2.69. The van der Waals surface area contributed by atoms with E-state index < -0.39 is 0 Å². The molecule has 0 unspecified atom stereocenters. The maximum Gasteiger partial charge on any atom is 0.255 e. The second-order valence-electron chi connectivity index (χ2n) is 3.90. The molecule has 4 nitrogen and oxygen atoms in total. The van der Waals surface area contributed by atoms with Gasteiger partial charge in [-0.1, -0.05) is 11.6 Å². The molecule has 0 saturated carbocycles. The fraction of sp³-hybridized carbons (Fsp3) is 0.0769. The summed E-state index contributed by atoms with van der Waals surface area (Å²) in [7, 11) is 0. The number of carbonyl (C=O) groups is 1. The predicted molar refractivity (Wildman–Crippen MR) is 72.8 cm³/mol. The van der Waals surface area contributed by atoms with Crippen LogP contribution in [0.1, 0.15) is 15.9 Å². The van der Waals surface area contributed by atoms with Gasteiger partial charge in [-0.05, 0) is 42.8 Å². The summed E-state index contributed by atoms with van der Waals surface area (Å²) in [5, 5.41) is 3.09. The number of benzene rings is 1. The van der Waals surface area contributed by atoms with Gasteiger partial charge in [0.1, 0.15) is 5.15 Å². The lowest BCUT2D eigenvalue weighted by molar-refractivity contribution is 0.102. The van der Waals surface area contributed by atoms with Gasteiger partial charge in [-0.3, -0.25) is 4.79 Å². The Kier molecular flexibility index (Phi) is 3.48. The van der Waals surface area contributed by atoms with E-state index in [4.69, 9.17) is 17.3 Å². The fourth-order valence-corrected chi connectivity index (χ4v) is 1.79. The van der Waals surface area contributed by atoms with E-state index >= 15 is 0 Å². The van der Waals surface area contributed by atoms with Gasteiger partial charge < -0.3 is 11.1 Å². The molecule has 0 atom stereocenters. The molecule has 0 aliphatic rings. The highest BCUT2D eigenvalue weighted by Gasteiger charge is 2.09. The topological polar surface area (TPSA) is 68.0 Å². The van der Waals surface area contributed by atoms with Crippen molar-refractivity contribution in [3.63, 3.8) is 0 Å². The highest BCUT2D eigenvalue weighted by molar-refractivity contribution is 6.29. The first-order valence-electron chi connectivity index (χ1n) is 5.35. The molecular formula is C13H12ClN3O. The Morgan fingerprint density at radius 1 is 1.33 bits per heavy atom. The van der Waals surface area contributed by atoms with Crippen LogP contribution in [0.2, 0.25) is 5.15 Å². The van der Waals surface area contributed by atoms with E-state index in [0.29, 0.717) is 22.1 Å². The monoisotopic (exact) mass is 261 g/mol. The molecule has 92 valence electrons. The third kappa shape index (κ3) is 2.78. The number of aromatic nitrogens is 1. The van der Waals surface area contributed by atoms with Gasteiger partial charge in [0.15, 0.2) is 0 Å². The molecule has 0 bridgehead atoms. The van der Waals surface area contributed by atoms with E-state index in [1.165, 1.54) is 6.20 Å². The van der Waals surface area contributed by atoms with Crippen LogP contribution in [0.3, 0.4) is 0 Å². The van der Waals surface area contributed by atoms with Crippen molar-refractivity contribution in [1.82, 2.24) is 4.98 Å². The Morgan fingerprint density at radius 3 is 2.78 bits per heavy atom. The summed E-state index contributed by atoms with van der Waals surface area (Å²) < 4.78 is 0. The second-order valence-corrected chi connectivity index (χ2v) is 4.28. The number of nitrogens with zero attached hydrogens (tertiary/aromatic N) is 1. The van der Waals surface area contributed by atoms with Crippen LogP contribution >= 0.6 is 11.6 Å². The first kappa shape index (κ1) is 12.4. The molecule has 3 N–H and O–H groups in total. The van der Waals surface area contributed by atoms with Crippen molar-refractivity contribution in [3.8, 4) is 0 Å². The van der Waals surface area contributed by atoms with Crippen molar-refractivity contribution in [2.45, 2.75) is 6.92 Å². The number of amides is 1. The highest BCUT2D eigenvalue weighted by Crippen LogP contribution is 2.16. The lowest BCUT2D eigenvalue weighted by Gasteiger charge is -2.08. The lowest BCUT2D eigenvalue weighted by Crippen LogP contribution is -2.13. The number of nitrogens with two attached hydrogens (primary N) is 1. The maximum absolute atomic E-state index is 12.0. The SMILES string of the molecule is Cc1cc(N)ccc1C(=O)Nc1ccnc(Cl)c1. The third-order valence-electron chi connectivity index (χ3n) is 2.48. The molecule has 0 aliphatic heterocycles. The van der Waals surface area contributed by atoms with Crippen LogP contribution in [-0.4, -0.2) is 10.9 Å². The molecule has 1 aromatic heterocycles. The average molecular weight is 262 g/mol. The van der Waals surface area contributed by atoms with Gasteiger partial charge in [0.25, 0.3) is 5.91 Å². The van der Waals surface area contributed by atoms with Crippen molar-refractivity contribution in [3.05, 3.63) is 52.8 Å². The molecule has 1 amide bonds. The Bertz CT molecular complexity index is 599. The van der Waals surface area contributed by atoms with E-state index in [1.807, 2.05) is 6.92 Å². The zero-order chi connectivity index (χ0) is 13.1. The summed E-state index contributed by atoms with van der Waals surface area (Å²) in [4.78, 5) is 15.9. The number of pyridine rings is 1. The minimum atomic E-state index is -0.199. The average Bonchev–Trinajstić information content (AvgIpc) is 2.28. The molecule has 1 aromatic carbocycles. The van der Waals surface area contributed by atoms with Crippen LogP contribution in [0.15, 0.2) is 36.5 Å². The first-order chi connectivity index (χ1) is 8.56. The number of halogens is 1. The molecule has 0 saturated heterocycles. The molecule has 0 radical (unpaired) electrons. The number of anilines is 2. The Hall–Kier alpha value is -2.07. The van der Waals surface area contributed by atoms with Gasteiger partial charge in [0, 0.05) is 23.1 Å². The number of hydrogen-bond acceptors (Lipinski definition) is 3. The summed E-state index contributed by atoms with van der Waals surface area (Å²) in [5.41, 5.74) is 8.29. The van der Waals surface area contributed by atoms with Crippen LogP contribution in [0.25, 0.3) is 0 Å². The zero-order valence-electron chi connectivity index (χ0n) is 9.77. The number of aryl methyl sites for hydroxylation is 1. The fourth-order valence-electron chi connectivity index (χ4n) is 1.62. The second kappa shape index (κ2) is 5.06. The van der Waals surface area contributed by atoms with Crippen LogP contribution in [-0.2, 0) is 0 Å². The largest absolute Gasteiger partial charge is 0.399 e. The molecule has 2 rings (SSSR count). The van der Waals surface area contributed by atoms with Gasteiger partial charge in [-0.15, -0.1) is 0 Å². The van der Waals surface area contributed by atoms with Crippen molar-refractivity contribution >= 4 is 28.9 Å². The normalized spacial score (nSPS) is 10.1. The van der Waals surface area contributed by atoms with E-state index in [0.717, 1.165) is 5.56 Å². The van der Waals surface area contributed by atoms with Gasteiger partial charge >= 0.3 is 0 Å². The van der Waals surface area contributed by atoms with Gasteiger partial charge in [0.05, 0.1) is 0 Å². The molecule has 18 heavy (non-hydrogen) atoms. The Morgan fingerprint density at radius 2 is 2.11 bits per heavy atom. The zero-order valence-corrected chi connectivity index (χ0v) is 10.5. The Balaban J connectivity index is 2.22. The van der Waals surface area contributed by atoms with Crippen LogP contribution in [0, 0.1) is 6.92 Å². The molecule has 2 aromatic rings. The predicted octanol–water partition coefficient (Wildman–Crippen LogP) is 2.88. The Labute approximate surface area is 110 Å². The summed E-state index contributed by atoms with van der Waals surface area (Å²) in [6.45, 7) is 1.84. The molecule has 0 fully saturated rings. The summed E-state index contributed by atoms with van der Waals surface area (Å²) in [6, 6.07) is 8.42. The van der Waals surface area contributed by atoms with Crippen LogP contribution < -0.4 is 11.1 Å². The maximum atomic E-state index is 12.0. The summed E-state index contributed by atoms with van der Waals surface area (Å²) in [6.07, 6.45) is 1.54. The minimum Gasteiger partial charge on any atom is -0.399 e. The van der Waals surface area contributed by atoms with Gasteiger partial charge in [-0.25, -0.2) is 4.98 Å². The van der Waals surface area contributed by atoms with Crippen LogP contribution in [0.4, 0.5) is 11.4 Å². The van der Waals surface area contributed by atoms with Gasteiger partial charge in [0.2, 0.25) is 0 Å². The molecular weight excluding hydrogens is 250 g/mol. The van der Waals surface area contributed by atoms with Crippen molar-refractivity contribution in [2.24, 2.45) is 0 Å². The van der Waals surface area contributed by atoms with Gasteiger partial charge in [-0.2, -0.15) is 0 Å². The molecule has 5 heteroatoms. The minimum absolute atomic E-state index is 0.199. The van der Waals surface area contributed by atoms with E-state index in [2.05, 4.69) is 10.3 Å². The quantitative estimate of drug-likeness (QED) is 0.645. The van der Waals surface area contributed by atoms with Crippen molar-refractivity contribution in [1.29, 1.82) is 0 Å². The van der Waals surface area contributed by atoms with E-state index in [9.17, 15) is 4.79 Å². The number of hydrogen-bond donors (Lipinski definition) is 2. The molecule has 0 spiro atoms. The van der Waals surface area contributed by atoms with E-state index in [1.54, 1.807) is 30.3 Å². The highest BCUT2D eigenvalue weighted by atomic mass is 35.5. The smallest absolute Gasteiger partial charge is 0.255 e. The lowest BCUT2D eigenvalue weighted by atomic mass is 10.1. The van der Waals surface area contributed by atoms with Crippen molar-refractivity contribution in [2.75, 3.05) is 11.1 Å². The summed E-state index contributed by atoms with van der Waals surface area (Å²) in [5.74, 6) is -0.199. The van der Waals surface area contributed by atoms with E-state index in [-0.39, 0.29) is 5.91 Å². The number of carbonyl (C=O) groups excluding carboxylic acids is 1.